The van der Waals surface area contributed by atoms with Crippen LogP contribution in [-0.2, 0) is 16.6 Å². The first-order valence-electron chi connectivity index (χ1n) is 9.53. The van der Waals surface area contributed by atoms with E-state index in [9.17, 15) is 13.2 Å². The molecule has 7 nitrogen and oxygen atoms in total. The Morgan fingerprint density at radius 1 is 1.13 bits per heavy atom. The molecular formula is C21H23ClN4O3S. The maximum atomic E-state index is 13.0. The Kier molecular flexibility index (Phi) is 6.98. The second kappa shape index (κ2) is 9.47. The molecule has 1 amide bonds. The van der Waals surface area contributed by atoms with Crippen LogP contribution in [0.3, 0.4) is 0 Å². The highest BCUT2D eigenvalue weighted by Gasteiger charge is 2.21. The molecule has 1 fully saturated rings. The molecule has 30 heavy (non-hydrogen) atoms. The monoisotopic (exact) mass is 446 g/mol. The van der Waals surface area contributed by atoms with Gasteiger partial charge in [-0.3, -0.25) is 14.4 Å². The Morgan fingerprint density at radius 3 is 2.53 bits per heavy atom. The summed E-state index contributed by atoms with van der Waals surface area (Å²) in [4.78, 5) is 17.0. The molecule has 2 aromatic rings. The van der Waals surface area contributed by atoms with Crippen LogP contribution in [0.15, 0.2) is 42.5 Å². The van der Waals surface area contributed by atoms with Gasteiger partial charge >= 0.3 is 0 Å². The summed E-state index contributed by atoms with van der Waals surface area (Å²) >= 11 is 6.06. The third kappa shape index (κ3) is 5.95. The fourth-order valence-electron chi connectivity index (χ4n) is 3.39. The lowest BCUT2D eigenvalue weighted by Gasteiger charge is -2.22. The van der Waals surface area contributed by atoms with Crippen LogP contribution in [0.5, 0.6) is 0 Å². The molecule has 2 aromatic carbocycles. The van der Waals surface area contributed by atoms with Crippen molar-refractivity contribution in [1.29, 1.82) is 5.26 Å². The number of nitrogens with one attached hydrogen (secondary N) is 1. The molecule has 3 rings (SSSR count). The van der Waals surface area contributed by atoms with Gasteiger partial charge in [-0.25, -0.2) is 8.42 Å². The molecule has 1 saturated heterocycles. The molecule has 158 valence electrons. The molecular weight excluding hydrogens is 424 g/mol. The zero-order valence-electron chi connectivity index (χ0n) is 16.6. The Labute approximate surface area is 181 Å². The molecule has 0 aliphatic carbocycles. The normalized spacial score (nSPS) is 15.3. The summed E-state index contributed by atoms with van der Waals surface area (Å²) < 4.78 is 25.4. The van der Waals surface area contributed by atoms with E-state index < -0.39 is 10.0 Å². The van der Waals surface area contributed by atoms with Crippen LogP contribution >= 0.6 is 11.6 Å². The maximum Gasteiger partial charge on any atom is 0.253 e. The van der Waals surface area contributed by atoms with Crippen molar-refractivity contribution in [2.24, 2.45) is 0 Å². The average molecular weight is 447 g/mol. The van der Waals surface area contributed by atoms with E-state index in [-0.39, 0.29) is 16.6 Å². The van der Waals surface area contributed by atoms with E-state index in [1.54, 1.807) is 11.0 Å². The minimum atomic E-state index is -3.50. The molecule has 1 aliphatic rings. The van der Waals surface area contributed by atoms with Gasteiger partial charge in [0.2, 0.25) is 10.0 Å². The summed E-state index contributed by atoms with van der Waals surface area (Å²) in [6.07, 6.45) is 1.87. The number of nitriles is 1. The van der Waals surface area contributed by atoms with Crippen molar-refractivity contribution in [3.63, 3.8) is 0 Å². The molecule has 1 heterocycles. The number of benzene rings is 2. The molecule has 1 aliphatic heterocycles. The molecule has 0 bridgehead atoms. The predicted molar refractivity (Wildman–Crippen MR) is 117 cm³/mol. The Bertz CT molecular complexity index is 1060. The number of carbonyl (C=O) groups is 1. The standard InChI is InChI=1S/C21H23ClN4O3S/c1-30(28,29)24-20-13-18(7-8-19(20)22)21(27)26-10-2-9-25(11-12-26)15-17-5-3-16(14-23)4-6-17/h3-8,13,24H,2,9-12,15H2,1H3. The summed E-state index contributed by atoms with van der Waals surface area (Å²) in [6.45, 7) is 3.56. The van der Waals surface area contributed by atoms with E-state index in [0.29, 0.717) is 24.2 Å². The number of hydrogen-bond donors (Lipinski definition) is 1. The lowest BCUT2D eigenvalue weighted by molar-refractivity contribution is 0.0761. The number of carbonyl (C=O) groups excluding carboxylic acids is 1. The highest BCUT2D eigenvalue weighted by molar-refractivity contribution is 7.92. The van der Waals surface area contributed by atoms with Crippen molar-refractivity contribution in [2.45, 2.75) is 13.0 Å². The summed E-state index contributed by atoms with van der Waals surface area (Å²) in [7, 11) is -3.50. The minimum absolute atomic E-state index is 0.150. The van der Waals surface area contributed by atoms with Gasteiger partial charge in [-0.05, 0) is 42.3 Å². The number of rotatable bonds is 5. The number of amides is 1. The van der Waals surface area contributed by atoms with Gasteiger partial charge < -0.3 is 4.90 Å². The second-order valence-corrected chi connectivity index (χ2v) is 9.46. The van der Waals surface area contributed by atoms with E-state index in [0.717, 1.165) is 37.9 Å². The lowest BCUT2D eigenvalue weighted by atomic mass is 10.1. The number of anilines is 1. The van der Waals surface area contributed by atoms with E-state index in [1.807, 2.05) is 24.3 Å². The van der Waals surface area contributed by atoms with Crippen molar-refractivity contribution in [3.8, 4) is 6.07 Å². The smallest absolute Gasteiger partial charge is 0.253 e. The first-order chi connectivity index (χ1) is 14.2. The van der Waals surface area contributed by atoms with Crippen molar-refractivity contribution in [3.05, 3.63) is 64.2 Å². The molecule has 0 aromatic heterocycles. The van der Waals surface area contributed by atoms with Crippen LogP contribution in [0.4, 0.5) is 5.69 Å². The number of nitrogens with zero attached hydrogens (tertiary/aromatic N) is 3. The van der Waals surface area contributed by atoms with Gasteiger partial charge in [0.05, 0.1) is 28.6 Å². The quantitative estimate of drug-likeness (QED) is 0.762. The van der Waals surface area contributed by atoms with Gasteiger partial charge in [0.25, 0.3) is 5.91 Å². The fourth-order valence-corrected chi connectivity index (χ4v) is 4.18. The fraction of sp³-hybridized carbons (Fsp3) is 0.333. The molecule has 0 radical (unpaired) electrons. The van der Waals surface area contributed by atoms with Crippen LogP contribution in [0, 0.1) is 11.3 Å². The third-order valence-corrected chi connectivity index (χ3v) is 5.79. The van der Waals surface area contributed by atoms with Gasteiger partial charge in [-0.15, -0.1) is 0 Å². The van der Waals surface area contributed by atoms with Crippen molar-refractivity contribution in [1.82, 2.24) is 9.80 Å². The molecule has 0 saturated carbocycles. The third-order valence-electron chi connectivity index (χ3n) is 4.87. The lowest BCUT2D eigenvalue weighted by Crippen LogP contribution is -2.35. The minimum Gasteiger partial charge on any atom is -0.337 e. The summed E-state index contributed by atoms with van der Waals surface area (Å²) in [5.41, 5.74) is 2.36. The Hall–Kier alpha value is -2.60. The van der Waals surface area contributed by atoms with Crippen molar-refractivity contribution in [2.75, 3.05) is 37.2 Å². The summed E-state index contributed by atoms with van der Waals surface area (Å²) in [5, 5.41) is 9.15. The first kappa shape index (κ1) is 22.1. The van der Waals surface area contributed by atoms with Crippen LogP contribution in [0.2, 0.25) is 5.02 Å². The van der Waals surface area contributed by atoms with Crippen LogP contribution in [0.25, 0.3) is 0 Å². The SMILES string of the molecule is CS(=O)(=O)Nc1cc(C(=O)N2CCCN(Cc3ccc(C#N)cc3)CC2)ccc1Cl. The summed E-state index contributed by atoms with van der Waals surface area (Å²) in [6, 6.07) is 14.3. The zero-order valence-corrected chi connectivity index (χ0v) is 18.2. The van der Waals surface area contributed by atoms with Gasteiger partial charge in [0.1, 0.15) is 0 Å². The van der Waals surface area contributed by atoms with E-state index >= 15 is 0 Å². The van der Waals surface area contributed by atoms with Gasteiger partial charge in [-0.2, -0.15) is 5.26 Å². The van der Waals surface area contributed by atoms with E-state index in [2.05, 4.69) is 15.7 Å². The Balaban J connectivity index is 1.65. The Morgan fingerprint density at radius 2 is 1.87 bits per heavy atom. The largest absolute Gasteiger partial charge is 0.337 e. The van der Waals surface area contributed by atoms with Gasteiger partial charge in [-0.1, -0.05) is 23.7 Å². The van der Waals surface area contributed by atoms with Crippen LogP contribution < -0.4 is 4.72 Å². The molecule has 0 unspecified atom stereocenters. The van der Waals surface area contributed by atoms with Crippen molar-refractivity contribution < 1.29 is 13.2 Å². The average Bonchev–Trinajstić information content (AvgIpc) is 2.94. The van der Waals surface area contributed by atoms with Gasteiger partial charge in [0, 0.05) is 38.3 Å². The first-order valence-corrected chi connectivity index (χ1v) is 11.8. The van der Waals surface area contributed by atoms with Crippen molar-refractivity contribution >= 4 is 33.2 Å². The number of sulfonamides is 1. The summed E-state index contributed by atoms with van der Waals surface area (Å²) in [5.74, 6) is -0.150. The van der Waals surface area contributed by atoms with Gasteiger partial charge in [0.15, 0.2) is 0 Å². The van der Waals surface area contributed by atoms with E-state index in [1.165, 1.54) is 12.1 Å². The topological polar surface area (TPSA) is 93.5 Å². The van der Waals surface area contributed by atoms with Crippen LogP contribution in [-0.4, -0.2) is 56.6 Å². The number of halogens is 1. The maximum absolute atomic E-state index is 13.0. The zero-order chi connectivity index (χ0) is 21.7. The molecule has 9 heteroatoms. The molecule has 0 spiro atoms. The van der Waals surface area contributed by atoms with Crippen LogP contribution in [0.1, 0.15) is 27.9 Å². The highest BCUT2D eigenvalue weighted by Crippen LogP contribution is 2.25. The van der Waals surface area contributed by atoms with E-state index in [4.69, 9.17) is 16.9 Å². The predicted octanol–water partition coefficient (Wildman–Crippen LogP) is 2.93. The second-order valence-electron chi connectivity index (χ2n) is 7.30. The number of hydrogen-bond acceptors (Lipinski definition) is 5. The highest BCUT2D eigenvalue weighted by atomic mass is 35.5. The molecule has 1 N–H and O–H groups in total. The molecule has 0 atom stereocenters.